The Balaban J connectivity index is 1.71. The van der Waals surface area contributed by atoms with E-state index in [9.17, 15) is 14.0 Å². The lowest BCUT2D eigenvalue weighted by Crippen LogP contribution is -2.22. The van der Waals surface area contributed by atoms with E-state index >= 15 is 0 Å². The summed E-state index contributed by atoms with van der Waals surface area (Å²) in [6, 6.07) is 10.1. The fourth-order valence-corrected chi connectivity index (χ4v) is 4.93. The van der Waals surface area contributed by atoms with E-state index in [1.165, 1.54) is 0 Å². The summed E-state index contributed by atoms with van der Waals surface area (Å²) in [4.78, 5) is 28.0. The summed E-state index contributed by atoms with van der Waals surface area (Å²) in [5.41, 5.74) is 2.20. The number of nitrogens with one attached hydrogen (secondary N) is 1. The normalized spacial score (nSPS) is 19.2. The van der Waals surface area contributed by atoms with Gasteiger partial charge in [0.2, 0.25) is 5.91 Å². The number of nitrogens with zero attached hydrogens (tertiary/aromatic N) is 2. The lowest BCUT2D eigenvalue weighted by atomic mass is 10.0. The molecule has 4 rings (SSSR count). The number of alkyl halides is 1. The minimum absolute atomic E-state index is 0.269. The largest absolute Gasteiger partial charge is 0.496 e. The van der Waals surface area contributed by atoms with Crippen LogP contribution in [0.15, 0.2) is 36.5 Å². The van der Waals surface area contributed by atoms with Crippen molar-refractivity contribution in [2.45, 2.75) is 38.6 Å². The van der Waals surface area contributed by atoms with Gasteiger partial charge in [0.05, 0.1) is 31.6 Å². The van der Waals surface area contributed by atoms with Gasteiger partial charge in [0.15, 0.2) is 0 Å². The minimum Gasteiger partial charge on any atom is -0.496 e. The van der Waals surface area contributed by atoms with Gasteiger partial charge in [-0.05, 0) is 30.3 Å². The quantitative estimate of drug-likeness (QED) is 0.226. The molecule has 10 heteroatoms. The van der Waals surface area contributed by atoms with Crippen LogP contribution in [0.3, 0.4) is 0 Å². The molecule has 36 heavy (non-hydrogen) atoms. The van der Waals surface area contributed by atoms with Crippen molar-refractivity contribution in [1.82, 2.24) is 9.55 Å². The molecule has 3 atom stereocenters. The molecule has 0 saturated heterocycles. The molecular formula is C26H32FN3O5Si. The first-order valence-corrected chi connectivity index (χ1v) is 15.6. The third-order valence-corrected chi connectivity index (χ3v) is 8.05. The van der Waals surface area contributed by atoms with E-state index in [4.69, 9.17) is 14.2 Å². The second kappa shape index (κ2) is 10.4. The minimum atomic E-state index is -1.44. The molecule has 1 amide bonds. The predicted octanol–water partition coefficient (Wildman–Crippen LogP) is 4.75. The number of carbonyl (C=O) groups excluding carboxylic acids is 2. The number of hydrogen-bond donors (Lipinski definition) is 1. The molecule has 0 bridgehead atoms. The highest BCUT2D eigenvalue weighted by Gasteiger charge is 2.56. The van der Waals surface area contributed by atoms with Crippen molar-refractivity contribution in [2.24, 2.45) is 11.8 Å². The Morgan fingerprint density at radius 1 is 1.17 bits per heavy atom. The number of amides is 1. The fourth-order valence-electron chi connectivity index (χ4n) is 4.17. The van der Waals surface area contributed by atoms with Gasteiger partial charge >= 0.3 is 0 Å². The van der Waals surface area contributed by atoms with E-state index in [-0.39, 0.29) is 12.5 Å². The summed E-state index contributed by atoms with van der Waals surface area (Å²) in [6.07, 6.45) is 0.972. The molecule has 1 N–H and O–H groups in total. The number of carbonyl (C=O) groups is 2. The van der Waals surface area contributed by atoms with Crippen molar-refractivity contribution in [3.63, 3.8) is 0 Å². The van der Waals surface area contributed by atoms with Crippen LogP contribution in [0.2, 0.25) is 25.7 Å². The van der Waals surface area contributed by atoms with Crippen LogP contribution in [0.4, 0.5) is 10.2 Å². The first kappa shape index (κ1) is 25.8. The maximum absolute atomic E-state index is 13.7. The molecule has 2 aromatic heterocycles. The first-order chi connectivity index (χ1) is 17.2. The van der Waals surface area contributed by atoms with Gasteiger partial charge in [-0.1, -0.05) is 25.7 Å². The van der Waals surface area contributed by atoms with Gasteiger partial charge in [-0.25, -0.2) is 9.37 Å². The smallest absolute Gasteiger partial charge is 0.232 e. The van der Waals surface area contributed by atoms with Crippen LogP contribution in [-0.4, -0.2) is 56.8 Å². The van der Waals surface area contributed by atoms with Gasteiger partial charge in [-0.15, -0.1) is 0 Å². The highest BCUT2D eigenvalue weighted by atomic mass is 28.3. The molecule has 0 aliphatic heterocycles. The summed E-state index contributed by atoms with van der Waals surface area (Å²) in [5, 5.41) is 3.46. The summed E-state index contributed by atoms with van der Waals surface area (Å²) < 4.78 is 32.9. The maximum atomic E-state index is 13.7. The van der Waals surface area contributed by atoms with E-state index in [2.05, 4.69) is 29.9 Å². The molecule has 2 heterocycles. The average Bonchev–Trinajstić information content (AvgIpc) is 3.39. The van der Waals surface area contributed by atoms with Crippen LogP contribution in [0, 0.1) is 11.8 Å². The number of methoxy groups -OCH3 is 2. The highest BCUT2D eigenvalue weighted by molar-refractivity contribution is 6.76. The van der Waals surface area contributed by atoms with E-state index in [1.54, 1.807) is 20.3 Å². The molecule has 1 aliphatic rings. The second-order valence-electron chi connectivity index (χ2n) is 10.1. The number of aromatic nitrogens is 2. The molecule has 0 unspecified atom stereocenters. The van der Waals surface area contributed by atoms with Gasteiger partial charge in [-0.3, -0.25) is 4.79 Å². The molecule has 0 spiro atoms. The van der Waals surface area contributed by atoms with Gasteiger partial charge in [0.25, 0.3) is 0 Å². The third-order valence-electron chi connectivity index (χ3n) is 6.34. The van der Waals surface area contributed by atoms with Gasteiger partial charge < -0.3 is 28.9 Å². The molecule has 1 saturated carbocycles. The van der Waals surface area contributed by atoms with Crippen LogP contribution in [0.1, 0.15) is 0 Å². The van der Waals surface area contributed by atoms with E-state index < -0.39 is 32.0 Å². The van der Waals surface area contributed by atoms with Crippen molar-refractivity contribution in [3.8, 4) is 22.6 Å². The van der Waals surface area contributed by atoms with Gasteiger partial charge in [0, 0.05) is 31.8 Å². The van der Waals surface area contributed by atoms with Crippen LogP contribution in [0.5, 0.6) is 11.5 Å². The Kier molecular flexibility index (Phi) is 7.46. The standard InChI is InChI=1S/C26H32FN3O5Si/c1-33-19-7-6-8-20(34-2)22(19)17-13-30(15-35-11-12-36(3,4)5)25-16(17)9-10-21(28-25)29-26(32)23-18(14-31)24(23)27/h6-10,13-14,18,23-24H,11-12,15H2,1-5H3,(H,28,29,32)/t18-,23-,24-/m0/s1. The lowest BCUT2D eigenvalue weighted by molar-refractivity contribution is -0.119. The van der Waals surface area contributed by atoms with Crippen LogP contribution < -0.4 is 14.8 Å². The number of hydrogen-bond acceptors (Lipinski definition) is 6. The summed E-state index contributed by atoms with van der Waals surface area (Å²) in [7, 11) is 1.95. The number of aldehydes is 1. The molecular weight excluding hydrogens is 481 g/mol. The highest BCUT2D eigenvalue weighted by Crippen LogP contribution is 2.43. The monoisotopic (exact) mass is 513 g/mol. The van der Waals surface area contributed by atoms with Crippen molar-refractivity contribution >= 4 is 37.1 Å². The Hall–Kier alpha value is -3.24. The van der Waals surface area contributed by atoms with Crippen molar-refractivity contribution in [3.05, 3.63) is 36.5 Å². The van der Waals surface area contributed by atoms with Crippen molar-refractivity contribution < 1.29 is 28.2 Å². The zero-order chi connectivity index (χ0) is 26.0. The topological polar surface area (TPSA) is 91.7 Å². The Labute approximate surface area is 210 Å². The molecule has 3 aromatic rings. The fraction of sp³-hybridized carbons (Fsp3) is 0.423. The van der Waals surface area contributed by atoms with Crippen molar-refractivity contribution in [1.29, 1.82) is 0 Å². The molecule has 8 nitrogen and oxygen atoms in total. The Morgan fingerprint density at radius 2 is 1.86 bits per heavy atom. The lowest BCUT2D eigenvalue weighted by Gasteiger charge is -2.15. The molecule has 1 aliphatic carbocycles. The number of benzene rings is 1. The van der Waals surface area contributed by atoms with Crippen LogP contribution >= 0.6 is 0 Å². The van der Waals surface area contributed by atoms with Gasteiger partial charge in [0.1, 0.15) is 42.2 Å². The summed E-state index contributed by atoms with van der Waals surface area (Å²) in [5.74, 6) is -0.841. The number of pyridine rings is 1. The number of rotatable bonds is 11. The van der Waals surface area contributed by atoms with E-state index in [1.807, 2.05) is 35.0 Å². The first-order valence-electron chi connectivity index (χ1n) is 11.9. The number of anilines is 1. The molecule has 1 fully saturated rings. The Morgan fingerprint density at radius 3 is 2.44 bits per heavy atom. The van der Waals surface area contributed by atoms with E-state index in [0.29, 0.717) is 30.0 Å². The number of fused-ring (bicyclic) bond motifs is 1. The molecule has 0 radical (unpaired) electrons. The van der Waals surface area contributed by atoms with Crippen molar-refractivity contribution in [2.75, 3.05) is 26.1 Å². The number of ether oxygens (including phenoxy) is 3. The van der Waals surface area contributed by atoms with E-state index in [0.717, 1.165) is 22.6 Å². The van der Waals surface area contributed by atoms with Gasteiger partial charge in [-0.2, -0.15) is 0 Å². The van der Waals surface area contributed by atoms with Crippen LogP contribution in [-0.2, 0) is 21.1 Å². The zero-order valence-electron chi connectivity index (χ0n) is 21.2. The maximum Gasteiger partial charge on any atom is 0.232 e. The molecule has 192 valence electrons. The molecule has 1 aromatic carbocycles. The summed E-state index contributed by atoms with van der Waals surface area (Å²) in [6.45, 7) is 7.78. The third kappa shape index (κ3) is 5.29. The van der Waals surface area contributed by atoms with Crippen LogP contribution in [0.25, 0.3) is 22.2 Å². The summed E-state index contributed by atoms with van der Waals surface area (Å²) >= 11 is 0. The SMILES string of the molecule is COc1cccc(OC)c1-c1cn(COCC[Si](C)(C)C)c2nc(NC(=O)[C@@H]3[C@@H](F)[C@H]3C=O)ccc12. The average molecular weight is 514 g/mol. The second-order valence-corrected chi connectivity index (χ2v) is 15.8. The number of halogens is 1. The zero-order valence-corrected chi connectivity index (χ0v) is 22.2. The Bertz CT molecular complexity index is 1250. The predicted molar refractivity (Wildman–Crippen MR) is 139 cm³/mol.